The molecule has 0 nitrogen and oxygen atoms in total. The lowest BCUT2D eigenvalue weighted by Gasteiger charge is -2.09. The van der Waals surface area contributed by atoms with Gasteiger partial charge < -0.3 is 0 Å². The Hall–Kier alpha value is -0.690. The Bertz CT molecular complexity index is 455. The second-order valence-corrected chi connectivity index (χ2v) is 6.30. The minimum absolute atomic E-state index is 0.694. The first-order valence-electron chi connectivity index (χ1n) is 5.55. The zero-order chi connectivity index (χ0) is 13.6. The summed E-state index contributed by atoms with van der Waals surface area (Å²) in [5, 5.41) is 0. The largest absolute Gasteiger partial charge is 0.216 e. The molecule has 2 rings (SSSR count). The van der Waals surface area contributed by atoms with Gasteiger partial charge in [0.05, 0.1) is 0 Å². The summed E-state index contributed by atoms with van der Waals surface area (Å²) in [7, 11) is 0. The van der Waals surface area contributed by atoms with E-state index in [1.807, 2.05) is 18.2 Å². The molecule has 0 atom stereocenters. The molecule has 0 aliphatic heterocycles. The summed E-state index contributed by atoms with van der Waals surface area (Å²) in [6.45, 7) is 4.21. The van der Waals surface area contributed by atoms with Crippen LogP contribution in [0.2, 0.25) is 0 Å². The highest BCUT2D eigenvalue weighted by Crippen LogP contribution is 2.37. The summed E-state index contributed by atoms with van der Waals surface area (Å²) in [4.78, 5) is 0. The van der Waals surface area contributed by atoms with Gasteiger partial charge in [-0.25, -0.2) is 0 Å². The molecule has 0 spiro atoms. The predicted molar refractivity (Wildman–Crippen MR) is 81.6 cm³/mol. The SMILES string of the molecule is Cc1cccc(C)c1.ClC(Cl)(Cl)c1ccccc1. The highest BCUT2D eigenvalue weighted by atomic mass is 35.6. The fraction of sp³-hybridized carbons (Fsp3) is 0.200. The minimum Gasteiger partial charge on any atom is -0.0784 e. The molecule has 0 radical (unpaired) electrons. The van der Waals surface area contributed by atoms with Crippen molar-refractivity contribution in [3.05, 3.63) is 71.3 Å². The highest BCUT2D eigenvalue weighted by Gasteiger charge is 2.21. The Balaban J connectivity index is 0.000000184. The van der Waals surface area contributed by atoms with Gasteiger partial charge in [-0.05, 0) is 13.8 Å². The molecule has 0 unspecified atom stereocenters. The summed E-state index contributed by atoms with van der Waals surface area (Å²) in [6.07, 6.45) is 0. The normalized spacial score (nSPS) is 10.5. The molecular formula is C15H15Cl3. The topological polar surface area (TPSA) is 0 Å². The van der Waals surface area contributed by atoms with E-state index in [-0.39, 0.29) is 0 Å². The summed E-state index contributed by atoms with van der Waals surface area (Å²) < 4.78 is -1.29. The van der Waals surface area contributed by atoms with Gasteiger partial charge in [0.25, 0.3) is 0 Å². The smallest absolute Gasteiger partial charge is 0.0784 e. The van der Waals surface area contributed by atoms with Gasteiger partial charge in [0.2, 0.25) is 3.79 Å². The maximum atomic E-state index is 5.59. The molecular weight excluding hydrogens is 287 g/mol. The van der Waals surface area contributed by atoms with E-state index >= 15 is 0 Å². The first kappa shape index (κ1) is 15.4. The van der Waals surface area contributed by atoms with E-state index < -0.39 is 3.79 Å². The van der Waals surface area contributed by atoms with Gasteiger partial charge in [-0.15, -0.1) is 0 Å². The first-order valence-corrected chi connectivity index (χ1v) is 6.68. The van der Waals surface area contributed by atoms with Crippen molar-refractivity contribution >= 4 is 34.8 Å². The Morgan fingerprint density at radius 2 is 1.22 bits per heavy atom. The Morgan fingerprint density at radius 3 is 1.50 bits per heavy atom. The van der Waals surface area contributed by atoms with Crippen molar-refractivity contribution in [2.75, 3.05) is 0 Å². The molecule has 0 N–H and O–H groups in total. The van der Waals surface area contributed by atoms with Crippen LogP contribution in [-0.4, -0.2) is 0 Å². The fourth-order valence-electron chi connectivity index (χ4n) is 1.43. The average Bonchev–Trinajstić information content (AvgIpc) is 2.29. The standard InChI is InChI=1S/C8H10.C7H5Cl3/c1-7-4-3-5-8(2)6-7;8-7(9,10)6-4-2-1-3-5-6/h3-6H,1-2H3;1-5H. The second kappa shape index (κ2) is 7.04. The summed E-state index contributed by atoms with van der Waals surface area (Å²) >= 11 is 16.8. The van der Waals surface area contributed by atoms with E-state index in [0.29, 0.717) is 5.56 Å². The molecule has 0 aromatic heterocycles. The van der Waals surface area contributed by atoms with E-state index in [1.165, 1.54) is 11.1 Å². The van der Waals surface area contributed by atoms with E-state index in [4.69, 9.17) is 34.8 Å². The van der Waals surface area contributed by atoms with Crippen molar-refractivity contribution < 1.29 is 0 Å². The van der Waals surface area contributed by atoms with Crippen LogP contribution in [0.5, 0.6) is 0 Å². The van der Waals surface area contributed by atoms with Crippen LogP contribution < -0.4 is 0 Å². The van der Waals surface area contributed by atoms with E-state index in [0.717, 1.165) is 0 Å². The van der Waals surface area contributed by atoms with Crippen molar-refractivity contribution in [2.24, 2.45) is 0 Å². The number of alkyl halides is 3. The quantitative estimate of drug-likeness (QED) is 0.538. The van der Waals surface area contributed by atoms with Crippen LogP contribution in [0.1, 0.15) is 16.7 Å². The summed E-state index contributed by atoms with van der Waals surface area (Å²) in [5.74, 6) is 0. The Kier molecular flexibility index (Phi) is 6.01. The predicted octanol–water partition coefficient (Wildman–Crippen LogP) is 5.82. The van der Waals surface area contributed by atoms with Crippen LogP contribution in [0.25, 0.3) is 0 Å². The number of halogens is 3. The second-order valence-electron chi connectivity index (χ2n) is 4.02. The first-order chi connectivity index (χ1) is 8.39. The molecule has 18 heavy (non-hydrogen) atoms. The van der Waals surface area contributed by atoms with Gasteiger partial charge in [0.1, 0.15) is 0 Å². The molecule has 0 saturated heterocycles. The maximum Gasteiger partial charge on any atom is 0.216 e. The van der Waals surface area contributed by atoms with Gasteiger partial charge in [0, 0.05) is 5.56 Å². The third-order valence-corrected chi connectivity index (χ3v) is 2.93. The molecule has 96 valence electrons. The van der Waals surface area contributed by atoms with Crippen molar-refractivity contribution in [3.8, 4) is 0 Å². The van der Waals surface area contributed by atoms with E-state index in [2.05, 4.69) is 38.1 Å². The fourth-order valence-corrected chi connectivity index (χ4v) is 1.81. The van der Waals surface area contributed by atoms with Crippen LogP contribution in [0.4, 0.5) is 0 Å². The molecule has 0 aliphatic rings. The number of rotatable bonds is 0. The summed E-state index contributed by atoms with van der Waals surface area (Å²) in [6, 6.07) is 17.5. The summed E-state index contributed by atoms with van der Waals surface area (Å²) in [5.41, 5.74) is 3.37. The van der Waals surface area contributed by atoms with Gasteiger partial charge in [-0.3, -0.25) is 0 Å². The van der Waals surface area contributed by atoms with Crippen LogP contribution in [0, 0.1) is 13.8 Å². The van der Waals surface area contributed by atoms with E-state index in [9.17, 15) is 0 Å². The number of hydrogen-bond donors (Lipinski definition) is 0. The lowest BCUT2D eigenvalue weighted by atomic mass is 10.2. The lowest BCUT2D eigenvalue weighted by Crippen LogP contribution is -1.98. The van der Waals surface area contributed by atoms with Crippen LogP contribution in [-0.2, 0) is 3.79 Å². The lowest BCUT2D eigenvalue weighted by molar-refractivity contribution is 1.24. The van der Waals surface area contributed by atoms with Crippen molar-refractivity contribution in [2.45, 2.75) is 17.6 Å². The van der Waals surface area contributed by atoms with Crippen molar-refractivity contribution in [1.29, 1.82) is 0 Å². The zero-order valence-corrected chi connectivity index (χ0v) is 12.6. The third kappa shape index (κ3) is 5.77. The highest BCUT2D eigenvalue weighted by molar-refractivity contribution is 6.66. The molecule has 3 heteroatoms. The van der Waals surface area contributed by atoms with Crippen LogP contribution >= 0.6 is 34.8 Å². The van der Waals surface area contributed by atoms with Crippen molar-refractivity contribution in [3.63, 3.8) is 0 Å². The van der Waals surface area contributed by atoms with Crippen LogP contribution in [0.15, 0.2) is 54.6 Å². The number of benzene rings is 2. The van der Waals surface area contributed by atoms with Gasteiger partial charge in [0.15, 0.2) is 0 Å². The average molecular weight is 302 g/mol. The third-order valence-electron chi connectivity index (χ3n) is 2.27. The van der Waals surface area contributed by atoms with Gasteiger partial charge >= 0.3 is 0 Å². The Labute approximate surface area is 123 Å². The molecule has 0 fully saturated rings. The number of hydrogen-bond acceptors (Lipinski definition) is 0. The molecule has 0 saturated carbocycles. The molecule has 2 aromatic carbocycles. The van der Waals surface area contributed by atoms with Gasteiger partial charge in [-0.2, -0.15) is 0 Å². The van der Waals surface area contributed by atoms with Gasteiger partial charge in [-0.1, -0.05) is 101 Å². The monoisotopic (exact) mass is 300 g/mol. The molecule has 0 heterocycles. The number of aryl methyl sites for hydroxylation is 2. The molecule has 2 aromatic rings. The van der Waals surface area contributed by atoms with Crippen molar-refractivity contribution in [1.82, 2.24) is 0 Å². The van der Waals surface area contributed by atoms with Crippen LogP contribution in [0.3, 0.4) is 0 Å². The zero-order valence-electron chi connectivity index (χ0n) is 10.3. The maximum absolute atomic E-state index is 5.59. The minimum atomic E-state index is -1.29. The Morgan fingerprint density at radius 1 is 0.722 bits per heavy atom. The molecule has 0 amide bonds. The molecule has 0 aliphatic carbocycles. The van der Waals surface area contributed by atoms with E-state index in [1.54, 1.807) is 12.1 Å². The molecule has 0 bridgehead atoms.